The van der Waals surface area contributed by atoms with E-state index in [1.54, 1.807) is 5.47 Å². The third-order valence-corrected chi connectivity index (χ3v) is 4.50. The van der Waals surface area contributed by atoms with Crippen molar-refractivity contribution >= 4 is 6.71 Å². The molecule has 0 aliphatic carbocycles. The Labute approximate surface area is 102 Å². The Kier molecular flexibility index (Phi) is 3.52. The number of rotatable bonds is 1. The summed E-state index contributed by atoms with van der Waals surface area (Å²) < 4.78 is 0. The zero-order chi connectivity index (χ0) is 11.8. The number of hydrogen-bond acceptors (Lipinski definition) is 0. The van der Waals surface area contributed by atoms with Crippen LogP contribution in [0.2, 0.25) is 11.6 Å². The van der Waals surface area contributed by atoms with Gasteiger partial charge < -0.3 is 0 Å². The first-order valence-electron chi connectivity index (χ1n) is 7.17. The highest BCUT2D eigenvalue weighted by atomic mass is 14.3. The molecule has 0 saturated carbocycles. The van der Waals surface area contributed by atoms with Gasteiger partial charge in [-0.2, -0.15) is 0 Å². The van der Waals surface area contributed by atoms with Crippen LogP contribution in [0.3, 0.4) is 0 Å². The fraction of sp³-hybridized carbons (Fsp3) is 0.867. The summed E-state index contributed by atoms with van der Waals surface area (Å²) >= 11 is 0. The van der Waals surface area contributed by atoms with Crippen LogP contribution in [-0.2, 0) is 0 Å². The molecule has 0 nitrogen and oxygen atoms in total. The van der Waals surface area contributed by atoms with Crippen LogP contribution in [0.5, 0.6) is 0 Å². The van der Waals surface area contributed by atoms with Gasteiger partial charge in [-0.1, -0.05) is 83.9 Å². The first-order valence-corrected chi connectivity index (χ1v) is 7.17. The molecule has 0 radical (unpaired) electrons. The lowest BCUT2D eigenvalue weighted by molar-refractivity contribution is 0.445. The van der Waals surface area contributed by atoms with Gasteiger partial charge in [-0.05, 0) is 5.41 Å². The fourth-order valence-electron chi connectivity index (χ4n) is 4.20. The molecule has 0 atom stereocenters. The Morgan fingerprint density at radius 2 is 1.44 bits per heavy atom. The van der Waals surface area contributed by atoms with E-state index in [9.17, 15) is 0 Å². The summed E-state index contributed by atoms with van der Waals surface area (Å²) in [5, 5.41) is 0. The highest BCUT2D eigenvalue weighted by Crippen LogP contribution is 2.48. The number of hydrogen-bond donors (Lipinski definition) is 0. The maximum atomic E-state index is 2.54. The smallest absolute Gasteiger partial charge is 0.107 e. The van der Waals surface area contributed by atoms with Crippen LogP contribution in [0.15, 0.2) is 11.5 Å². The van der Waals surface area contributed by atoms with Gasteiger partial charge in [-0.15, -0.1) is 5.47 Å². The van der Waals surface area contributed by atoms with Gasteiger partial charge in [0.05, 0.1) is 0 Å². The molecule has 0 N–H and O–H groups in total. The third kappa shape index (κ3) is 2.73. The lowest BCUT2D eigenvalue weighted by Crippen LogP contribution is -2.36. The Morgan fingerprint density at radius 1 is 1.00 bits per heavy atom. The molecule has 1 heteroatoms. The maximum absolute atomic E-state index is 2.54. The predicted octanol–water partition coefficient (Wildman–Crippen LogP) is 5.12. The van der Waals surface area contributed by atoms with Crippen molar-refractivity contribution in [3.8, 4) is 0 Å². The van der Waals surface area contributed by atoms with Gasteiger partial charge in [0.1, 0.15) is 0 Å². The highest BCUT2D eigenvalue weighted by Gasteiger charge is 2.40. The largest absolute Gasteiger partial charge is 0.176 e. The van der Waals surface area contributed by atoms with E-state index in [1.165, 1.54) is 38.5 Å². The normalized spacial score (nSPS) is 31.8. The standard InChI is InChI=1S/C15H27B/c1-12(11-15(2,3)4)16-13-7-5-8-14(16)10-6-9-13/h11,13-14H,5-10H2,1-4H3/b12-11+. The van der Waals surface area contributed by atoms with Crippen molar-refractivity contribution in [2.45, 2.75) is 77.9 Å². The third-order valence-electron chi connectivity index (χ3n) is 4.50. The Hall–Kier alpha value is -0.195. The molecule has 90 valence electrons. The average molecular weight is 218 g/mol. The van der Waals surface area contributed by atoms with Crippen LogP contribution in [0.25, 0.3) is 0 Å². The molecule has 2 fully saturated rings. The van der Waals surface area contributed by atoms with Gasteiger partial charge in [0, 0.05) is 0 Å². The van der Waals surface area contributed by atoms with Crippen molar-refractivity contribution in [3.63, 3.8) is 0 Å². The second-order valence-corrected chi connectivity index (χ2v) is 7.16. The molecule has 0 aromatic heterocycles. The van der Waals surface area contributed by atoms with Gasteiger partial charge in [0.2, 0.25) is 0 Å². The number of allylic oxidation sites excluding steroid dienone is 2. The lowest BCUT2D eigenvalue weighted by atomic mass is 9.24. The summed E-state index contributed by atoms with van der Waals surface area (Å²) in [7, 11) is 0. The molecule has 0 aromatic carbocycles. The first-order chi connectivity index (χ1) is 7.47. The van der Waals surface area contributed by atoms with Crippen molar-refractivity contribution in [1.29, 1.82) is 0 Å². The van der Waals surface area contributed by atoms with Gasteiger partial charge >= 0.3 is 0 Å². The fourth-order valence-corrected chi connectivity index (χ4v) is 4.20. The van der Waals surface area contributed by atoms with Gasteiger partial charge in [-0.25, -0.2) is 0 Å². The maximum Gasteiger partial charge on any atom is 0.176 e. The molecule has 0 unspecified atom stereocenters. The topological polar surface area (TPSA) is 0 Å². The second kappa shape index (κ2) is 4.59. The van der Waals surface area contributed by atoms with Gasteiger partial charge in [0.15, 0.2) is 6.71 Å². The SMILES string of the molecule is C/C(=C\C(C)(C)C)B1C2CCCC1CCC2. The van der Waals surface area contributed by atoms with E-state index in [1.807, 2.05) is 0 Å². The first kappa shape index (κ1) is 12.3. The molecule has 2 bridgehead atoms. The molecule has 2 aliphatic heterocycles. The Morgan fingerprint density at radius 3 is 1.81 bits per heavy atom. The molecule has 2 saturated heterocycles. The summed E-state index contributed by atoms with van der Waals surface area (Å²) in [4.78, 5) is 0. The summed E-state index contributed by atoms with van der Waals surface area (Å²) in [6.07, 6.45) is 11.5. The van der Waals surface area contributed by atoms with E-state index < -0.39 is 0 Å². The van der Waals surface area contributed by atoms with Gasteiger partial charge in [-0.3, -0.25) is 0 Å². The van der Waals surface area contributed by atoms with Crippen molar-refractivity contribution in [2.75, 3.05) is 0 Å². The van der Waals surface area contributed by atoms with Crippen molar-refractivity contribution in [2.24, 2.45) is 5.41 Å². The summed E-state index contributed by atoms with van der Waals surface area (Å²) in [5.41, 5.74) is 2.05. The molecule has 2 rings (SSSR count). The summed E-state index contributed by atoms with van der Waals surface area (Å²) in [6, 6.07) is 0. The van der Waals surface area contributed by atoms with E-state index in [0.717, 1.165) is 18.3 Å². The van der Waals surface area contributed by atoms with Crippen molar-refractivity contribution in [3.05, 3.63) is 11.5 Å². The predicted molar refractivity (Wildman–Crippen MR) is 74.2 cm³/mol. The zero-order valence-corrected chi connectivity index (χ0v) is 11.6. The van der Waals surface area contributed by atoms with Crippen LogP contribution in [0, 0.1) is 5.41 Å². The highest BCUT2D eigenvalue weighted by molar-refractivity contribution is 6.70. The van der Waals surface area contributed by atoms with Crippen molar-refractivity contribution in [1.82, 2.24) is 0 Å². The number of fused-ring (bicyclic) bond motifs is 2. The zero-order valence-electron chi connectivity index (χ0n) is 11.6. The van der Waals surface area contributed by atoms with Crippen molar-refractivity contribution < 1.29 is 0 Å². The average Bonchev–Trinajstić information content (AvgIpc) is 2.13. The molecule has 0 amide bonds. The summed E-state index contributed by atoms with van der Waals surface area (Å²) in [5.74, 6) is 2.04. The van der Waals surface area contributed by atoms with Crippen LogP contribution < -0.4 is 0 Å². The quantitative estimate of drug-likeness (QED) is 0.536. The van der Waals surface area contributed by atoms with E-state index in [-0.39, 0.29) is 0 Å². The molecular formula is C15H27B. The van der Waals surface area contributed by atoms with Crippen LogP contribution in [0.1, 0.15) is 66.2 Å². The molecule has 0 spiro atoms. The molecular weight excluding hydrogens is 191 g/mol. The Balaban J connectivity index is 2.16. The Bertz CT molecular complexity index is 250. The molecule has 2 heterocycles. The van der Waals surface area contributed by atoms with E-state index >= 15 is 0 Å². The monoisotopic (exact) mass is 218 g/mol. The minimum atomic E-state index is 0.357. The van der Waals surface area contributed by atoms with Crippen LogP contribution >= 0.6 is 0 Å². The van der Waals surface area contributed by atoms with Gasteiger partial charge in [0.25, 0.3) is 0 Å². The van der Waals surface area contributed by atoms with E-state index in [0.29, 0.717) is 5.41 Å². The van der Waals surface area contributed by atoms with E-state index in [2.05, 4.69) is 33.8 Å². The lowest BCUT2D eigenvalue weighted by Gasteiger charge is -2.41. The van der Waals surface area contributed by atoms with Crippen LogP contribution in [0.4, 0.5) is 0 Å². The summed E-state index contributed by atoms with van der Waals surface area (Å²) in [6.45, 7) is 10.3. The minimum Gasteiger partial charge on any atom is -0.107 e. The molecule has 16 heavy (non-hydrogen) atoms. The molecule has 2 aliphatic rings. The van der Waals surface area contributed by atoms with E-state index in [4.69, 9.17) is 0 Å². The molecule has 0 aromatic rings. The second-order valence-electron chi connectivity index (χ2n) is 7.16. The van der Waals surface area contributed by atoms with Crippen LogP contribution in [-0.4, -0.2) is 6.71 Å². The minimum absolute atomic E-state index is 0.357.